The SMILES string of the molecule is CCCC[C@@H]1C[C@@H](N)C(=O)O1.Cl. The lowest BCUT2D eigenvalue weighted by Crippen LogP contribution is -2.24. The van der Waals surface area contributed by atoms with Crippen molar-refractivity contribution < 1.29 is 9.53 Å². The number of carbonyl (C=O) groups excluding carboxylic acids is 1. The maximum absolute atomic E-state index is 10.8. The molecule has 0 aromatic rings. The highest BCUT2D eigenvalue weighted by molar-refractivity contribution is 5.85. The molecule has 1 aliphatic heterocycles. The Hall–Kier alpha value is -0.280. The summed E-state index contributed by atoms with van der Waals surface area (Å²) in [7, 11) is 0. The second-order valence-electron chi connectivity index (χ2n) is 3.04. The van der Waals surface area contributed by atoms with Crippen LogP contribution in [0.1, 0.15) is 32.6 Å². The van der Waals surface area contributed by atoms with Gasteiger partial charge in [0.05, 0.1) is 0 Å². The second kappa shape index (κ2) is 5.38. The molecule has 0 aliphatic carbocycles. The van der Waals surface area contributed by atoms with Gasteiger partial charge in [-0.25, -0.2) is 0 Å². The van der Waals surface area contributed by atoms with Crippen molar-refractivity contribution in [2.24, 2.45) is 5.73 Å². The predicted molar refractivity (Wildman–Crippen MR) is 49.2 cm³/mol. The maximum atomic E-state index is 10.8. The zero-order valence-corrected chi connectivity index (χ0v) is 8.10. The van der Waals surface area contributed by atoms with Gasteiger partial charge in [-0.2, -0.15) is 0 Å². The molecule has 72 valence electrons. The molecule has 0 aromatic heterocycles. The fourth-order valence-electron chi connectivity index (χ4n) is 1.29. The van der Waals surface area contributed by atoms with Crippen LogP contribution in [0.4, 0.5) is 0 Å². The van der Waals surface area contributed by atoms with Crippen LogP contribution in [0, 0.1) is 0 Å². The molecular weight excluding hydrogens is 178 g/mol. The van der Waals surface area contributed by atoms with Crippen molar-refractivity contribution in [2.75, 3.05) is 0 Å². The van der Waals surface area contributed by atoms with Crippen LogP contribution < -0.4 is 5.73 Å². The molecule has 2 N–H and O–H groups in total. The standard InChI is InChI=1S/C8H15NO2.ClH/c1-2-3-4-6-5-7(9)8(10)11-6;/h6-7H,2-5,9H2,1H3;1H/t6-,7-;/m1./s1. The number of hydrogen-bond donors (Lipinski definition) is 1. The van der Waals surface area contributed by atoms with Gasteiger partial charge in [-0.15, -0.1) is 12.4 Å². The van der Waals surface area contributed by atoms with Gasteiger partial charge in [-0.1, -0.05) is 19.8 Å². The minimum atomic E-state index is -0.364. The molecule has 0 aromatic carbocycles. The van der Waals surface area contributed by atoms with E-state index in [1.165, 1.54) is 0 Å². The fourth-order valence-corrected chi connectivity index (χ4v) is 1.29. The Morgan fingerprint density at radius 1 is 1.67 bits per heavy atom. The zero-order valence-electron chi connectivity index (χ0n) is 7.29. The van der Waals surface area contributed by atoms with E-state index >= 15 is 0 Å². The molecule has 0 amide bonds. The number of carbonyl (C=O) groups is 1. The molecular formula is C8H16ClNO2. The molecule has 1 rings (SSSR count). The van der Waals surface area contributed by atoms with E-state index in [0.29, 0.717) is 6.42 Å². The average molecular weight is 194 g/mol. The summed E-state index contributed by atoms with van der Waals surface area (Å²) in [6.07, 6.45) is 4.03. The normalized spacial score (nSPS) is 28.0. The molecule has 0 saturated carbocycles. The molecule has 0 bridgehead atoms. The summed E-state index contributed by atoms with van der Waals surface area (Å²) in [6, 6.07) is -0.364. The van der Waals surface area contributed by atoms with Gasteiger partial charge in [0, 0.05) is 6.42 Å². The first kappa shape index (κ1) is 11.7. The van der Waals surface area contributed by atoms with Gasteiger partial charge >= 0.3 is 5.97 Å². The minimum absolute atomic E-state index is 0. The summed E-state index contributed by atoms with van der Waals surface area (Å²) < 4.78 is 5.01. The highest BCUT2D eigenvalue weighted by Crippen LogP contribution is 2.17. The van der Waals surface area contributed by atoms with Gasteiger partial charge in [0.1, 0.15) is 12.1 Å². The lowest BCUT2D eigenvalue weighted by atomic mass is 10.1. The number of rotatable bonds is 3. The number of nitrogens with two attached hydrogens (primary N) is 1. The molecule has 1 aliphatic rings. The van der Waals surface area contributed by atoms with Crippen LogP contribution >= 0.6 is 12.4 Å². The molecule has 0 spiro atoms. The summed E-state index contributed by atoms with van der Waals surface area (Å²) in [5.41, 5.74) is 5.47. The number of esters is 1. The van der Waals surface area contributed by atoms with Crippen LogP contribution in [-0.4, -0.2) is 18.1 Å². The number of cyclic esters (lactones) is 1. The van der Waals surface area contributed by atoms with Crippen molar-refractivity contribution in [2.45, 2.75) is 44.8 Å². The van der Waals surface area contributed by atoms with Crippen LogP contribution in [0.2, 0.25) is 0 Å². The molecule has 1 fully saturated rings. The smallest absolute Gasteiger partial charge is 0.323 e. The van der Waals surface area contributed by atoms with Gasteiger partial charge in [-0.3, -0.25) is 4.79 Å². The third-order valence-electron chi connectivity index (χ3n) is 1.98. The highest BCUT2D eigenvalue weighted by Gasteiger charge is 2.30. The van der Waals surface area contributed by atoms with E-state index in [2.05, 4.69) is 6.92 Å². The number of halogens is 1. The Labute approximate surface area is 79.1 Å². The predicted octanol–water partition coefficient (Wildman–Crippen LogP) is 1.24. The third kappa shape index (κ3) is 2.99. The monoisotopic (exact) mass is 193 g/mol. The van der Waals surface area contributed by atoms with E-state index in [-0.39, 0.29) is 30.5 Å². The van der Waals surface area contributed by atoms with Crippen LogP contribution in [0.25, 0.3) is 0 Å². The van der Waals surface area contributed by atoms with E-state index < -0.39 is 0 Å². The quantitative estimate of drug-likeness (QED) is 0.687. The first-order valence-electron chi connectivity index (χ1n) is 4.20. The van der Waals surface area contributed by atoms with Crippen molar-refractivity contribution in [1.82, 2.24) is 0 Å². The largest absolute Gasteiger partial charge is 0.461 e. The van der Waals surface area contributed by atoms with Crippen molar-refractivity contribution >= 4 is 18.4 Å². The molecule has 1 heterocycles. The van der Waals surface area contributed by atoms with E-state index in [4.69, 9.17) is 10.5 Å². The summed E-state index contributed by atoms with van der Waals surface area (Å²) >= 11 is 0. The molecule has 0 unspecified atom stereocenters. The van der Waals surface area contributed by atoms with Gasteiger partial charge in [0.25, 0.3) is 0 Å². The van der Waals surface area contributed by atoms with E-state index in [0.717, 1.165) is 19.3 Å². The van der Waals surface area contributed by atoms with Crippen LogP contribution in [0.3, 0.4) is 0 Å². The van der Waals surface area contributed by atoms with Crippen molar-refractivity contribution in [3.63, 3.8) is 0 Å². The first-order valence-corrected chi connectivity index (χ1v) is 4.20. The average Bonchev–Trinajstić information content (AvgIpc) is 2.28. The van der Waals surface area contributed by atoms with Crippen LogP contribution in [-0.2, 0) is 9.53 Å². The van der Waals surface area contributed by atoms with Crippen molar-refractivity contribution in [3.05, 3.63) is 0 Å². The highest BCUT2D eigenvalue weighted by atomic mass is 35.5. The Bertz CT molecular complexity index is 152. The summed E-state index contributed by atoms with van der Waals surface area (Å²) in [4.78, 5) is 10.8. The van der Waals surface area contributed by atoms with Crippen LogP contribution in [0.15, 0.2) is 0 Å². The molecule has 1 saturated heterocycles. The van der Waals surface area contributed by atoms with Gasteiger partial charge in [0.15, 0.2) is 0 Å². The molecule has 0 radical (unpaired) electrons. The van der Waals surface area contributed by atoms with Gasteiger partial charge < -0.3 is 10.5 Å². The second-order valence-corrected chi connectivity index (χ2v) is 3.04. The molecule has 3 nitrogen and oxygen atoms in total. The van der Waals surface area contributed by atoms with Crippen LogP contribution in [0.5, 0.6) is 0 Å². The summed E-state index contributed by atoms with van der Waals surface area (Å²) in [5, 5.41) is 0. The maximum Gasteiger partial charge on any atom is 0.323 e. The summed E-state index contributed by atoms with van der Waals surface area (Å²) in [5.74, 6) is -0.230. The first-order chi connectivity index (χ1) is 5.24. The Kier molecular flexibility index (Phi) is 5.25. The number of ether oxygens (including phenoxy) is 1. The Morgan fingerprint density at radius 2 is 2.33 bits per heavy atom. The molecule has 4 heteroatoms. The third-order valence-corrected chi connectivity index (χ3v) is 1.98. The van der Waals surface area contributed by atoms with Gasteiger partial charge in [-0.05, 0) is 6.42 Å². The summed E-state index contributed by atoms with van der Waals surface area (Å²) in [6.45, 7) is 2.12. The van der Waals surface area contributed by atoms with Crippen molar-refractivity contribution in [1.29, 1.82) is 0 Å². The Balaban J connectivity index is 0.00000121. The molecule has 2 atom stereocenters. The number of hydrogen-bond acceptors (Lipinski definition) is 3. The van der Waals surface area contributed by atoms with Gasteiger partial charge in [0.2, 0.25) is 0 Å². The topological polar surface area (TPSA) is 52.3 Å². The Morgan fingerprint density at radius 3 is 2.75 bits per heavy atom. The zero-order chi connectivity index (χ0) is 8.27. The van der Waals surface area contributed by atoms with Crippen molar-refractivity contribution in [3.8, 4) is 0 Å². The van der Waals surface area contributed by atoms with E-state index in [1.807, 2.05) is 0 Å². The van der Waals surface area contributed by atoms with E-state index in [1.54, 1.807) is 0 Å². The minimum Gasteiger partial charge on any atom is -0.461 e. The lowest BCUT2D eigenvalue weighted by molar-refractivity contribution is -0.142. The number of unbranched alkanes of at least 4 members (excludes halogenated alkanes) is 1. The lowest BCUT2D eigenvalue weighted by Gasteiger charge is -2.05. The van der Waals surface area contributed by atoms with E-state index in [9.17, 15) is 4.79 Å². The fraction of sp³-hybridized carbons (Fsp3) is 0.875. The molecule has 12 heavy (non-hydrogen) atoms.